The summed E-state index contributed by atoms with van der Waals surface area (Å²) < 4.78 is 1.92. The molecule has 0 bridgehead atoms. The van der Waals surface area contributed by atoms with E-state index in [1.807, 2.05) is 13.8 Å². The lowest BCUT2D eigenvalue weighted by Crippen LogP contribution is -1.70. The van der Waals surface area contributed by atoms with Gasteiger partial charge in [0.2, 0.25) is 0 Å². The molecule has 2 aromatic rings. The molecule has 0 unspecified atom stereocenters. The smallest absolute Gasteiger partial charge is 0.143 e. The van der Waals surface area contributed by atoms with Crippen LogP contribution in [-0.4, -0.2) is 20.4 Å². The maximum atomic E-state index is 4.00. The highest BCUT2D eigenvalue weighted by Crippen LogP contribution is 2.39. The number of rotatable bonds is 3. The van der Waals surface area contributed by atoms with Gasteiger partial charge in [0.05, 0.1) is 0 Å². The van der Waals surface area contributed by atoms with Crippen molar-refractivity contribution in [3.05, 3.63) is 10.0 Å². The molecule has 0 saturated carbocycles. The minimum Gasteiger partial charge on any atom is -0.143 e. The van der Waals surface area contributed by atoms with Crippen LogP contribution in [0.15, 0.2) is 8.68 Å². The first-order valence-corrected chi connectivity index (χ1v) is 7.47. The molecule has 0 amide bonds. The van der Waals surface area contributed by atoms with E-state index < -0.39 is 0 Å². The van der Waals surface area contributed by atoms with Crippen molar-refractivity contribution < 1.29 is 0 Å². The Morgan fingerprint density at radius 1 is 0.786 bits per heavy atom. The van der Waals surface area contributed by atoms with Gasteiger partial charge in [-0.25, -0.2) is 0 Å². The van der Waals surface area contributed by atoms with Gasteiger partial charge in [-0.15, -0.1) is 20.4 Å². The predicted octanol–water partition coefficient (Wildman–Crippen LogP) is 2.81. The molecular weight excluding hydrogens is 256 g/mol. The number of hydrogen-bond acceptors (Lipinski definition) is 8. The van der Waals surface area contributed by atoms with Gasteiger partial charge in [0, 0.05) is 0 Å². The molecule has 0 aromatic carbocycles. The fourth-order valence-electron chi connectivity index (χ4n) is 0.695. The average molecular weight is 262 g/mol. The first kappa shape index (κ1) is 10.3. The van der Waals surface area contributed by atoms with Crippen LogP contribution in [-0.2, 0) is 0 Å². The standard InChI is InChI=1S/C6H6N4S4/c1-3-7-9-5(11-3)13-14-6-10-8-4(2)12-6/h1-2H3. The van der Waals surface area contributed by atoms with E-state index >= 15 is 0 Å². The fourth-order valence-corrected chi connectivity index (χ4v) is 4.67. The zero-order chi connectivity index (χ0) is 9.97. The molecular formula is C6H6N4S4. The van der Waals surface area contributed by atoms with Crippen LogP contribution in [0.5, 0.6) is 0 Å². The fraction of sp³-hybridized carbons (Fsp3) is 0.333. The van der Waals surface area contributed by atoms with Gasteiger partial charge in [0.15, 0.2) is 8.68 Å². The van der Waals surface area contributed by atoms with Crippen molar-refractivity contribution in [2.24, 2.45) is 0 Å². The van der Waals surface area contributed by atoms with E-state index in [0.717, 1.165) is 18.7 Å². The molecule has 2 aromatic heterocycles. The molecule has 0 N–H and O–H groups in total. The van der Waals surface area contributed by atoms with Gasteiger partial charge in [-0.2, -0.15) is 0 Å². The Hall–Kier alpha value is -0.180. The topological polar surface area (TPSA) is 51.6 Å². The molecule has 14 heavy (non-hydrogen) atoms. The monoisotopic (exact) mass is 262 g/mol. The third kappa shape index (κ3) is 2.66. The second kappa shape index (κ2) is 4.56. The molecule has 0 fully saturated rings. The minimum absolute atomic E-state index is 0.959. The summed E-state index contributed by atoms with van der Waals surface area (Å²) in [6.07, 6.45) is 0. The second-order valence-electron chi connectivity index (χ2n) is 2.34. The summed E-state index contributed by atoms with van der Waals surface area (Å²) in [5.41, 5.74) is 0. The van der Waals surface area contributed by atoms with Gasteiger partial charge in [-0.3, -0.25) is 0 Å². The van der Waals surface area contributed by atoms with E-state index in [-0.39, 0.29) is 0 Å². The van der Waals surface area contributed by atoms with Gasteiger partial charge in [-0.05, 0) is 35.4 Å². The van der Waals surface area contributed by atoms with Gasteiger partial charge in [0.25, 0.3) is 0 Å². The molecule has 8 heteroatoms. The van der Waals surface area contributed by atoms with Crippen LogP contribution in [0.25, 0.3) is 0 Å². The first-order valence-electron chi connectivity index (χ1n) is 3.69. The lowest BCUT2D eigenvalue weighted by Gasteiger charge is -1.88. The lowest BCUT2D eigenvalue weighted by molar-refractivity contribution is 0.984. The molecule has 4 nitrogen and oxygen atoms in total. The van der Waals surface area contributed by atoms with Crippen LogP contribution >= 0.6 is 44.3 Å². The molecule has 0 aliphatic rings. The Morgan fingerprint density at radius 3 is 1.50 bits per heavy atom. The number of nitrogens with zero attached hydrogens (tertiary/aromatic N) is 4. The third-order valence-corrected chi connectivity index (χ3v) is 5.83. The molecule has 0 aliphatic heterocycles. The summed E-state index contributed by atoms with van der Waals surface area (Å²) in [5.74, 6) is 0. The quantitative estimate of drug-likeness (QED) is 0.793. The highest BCUT2D eigenvalue weighted by atomic mass is 33.1. The van der Waals surface area contributed by atoms with Crippen LogP contribution in [0.3, 0.4) is 0 Å². The minimum atomic E-state index is 0.959. The number of aromatic nitrogens is 4. The van der Waals surface area contributed by atoms with Gasteiger partial charge < -0.3 is 0 Å². The van der Waals surface area contributed by atoms with Gasteiger partial charge >= 0.3 is 0 Å². The Morgan fingerprint density at radius 2 is 1.21 bits per heavy atom. The summed E-state index contributed by atoms with van der Waals surface area (Å²) in [5, 5.41) is 17.9. The van der Waals surface area contributed by atoms with Crippen LogP contribution < -0.4 is 0 Å². The van der Waals surface area contributed by atoms with Crippen molar-refractivity contribution >= 4 is 44.3 Å². The Labute approximate surface area is 97.0 Å². The zero-order valence-electron chi connectivity index (χ0n) is 7.42. The maximum absolute atomic E-state index is 4.00. The van der Waals surface area contributed by atoms with E-state index in [1.165, 1.54) is 0 Å². The Kier molecular flexibility index (Phi) is 3.37. The first-order chi connectivity index (χ1) is 6.74. The van der Waals surface area contributed by atoms with Crippen LogP contribution in [0, 0.1) is 13.8 Å². The highest BCUT2D eigenvalue weighted by Gasteiger charge is 2.06. The summed E-state index contributed by atoms with van der Waals surface area (Å²) in [6.45, 7) is 3.89. The number of hydrogen-bond donors (Lipinski definition) is 0. The van der Waals surface area contributed by atoms with E-state index in [9.17, 15) is 0 Å². The number of aryl methyl sites for hydroxylation is 2. The van der Waals surface area contributed by atoms with Crippen molar-refractivity contribution in [1.29, 1.82) is 0 Å². The largest absolute Gasteiger partial charge is 0.185 e. The zero-order valence-corrected chi connectivity index (χ0v) is 10.7. The third-order valence-electron chi connectivity index (χ3n) is 1.20. The van der Waals surface area contributed by atoms with Crippen molar-refractivity contribution in [3.63, 3.8) is 0 Å². The SMILES string of the molecule is Cc1nnc(SSc2nnc(C)s2)s1. The van der Waals surface area contributed by atoms with Crippen molar-refractivity contribution in [3.8, 4) is 0 Å². The van der Waals surface area contributed by atoms with Crippen LogP contribution in [0.4, 0.5) is 0 Å². The van der Waals surface area contributed by atoms with E-state index in [2.05, 4.69) is 20.4 Å². The van der Waals surface area contributed by atoms with Crippen LogP contribution in [0.2, 0.25) is 0 Å². The van der Waals surface area contributed by atoms with Gasteiger partial charge in [-0.1, -0.05) is 22.7 Å². The maximum Gasteiger partial charge on any atom is 0.185 e. The van der Waals surface area contributed by atoms with E-state index in [1.54, 1.807) is 44.3 Å². The summed E-state index contributed by atoms with van der Waals surface area (Å²) in [4.78, 5) is 0. The molecule has 2 rings (SSSR count). The Balaban J connectivity index is 1.94. The predicted molar refractivity (Wildman–Crippen MR) is 61.0 cm³/mol. The lowest BCUT2D eigenvalue weighted by atomic mass is 10.9. The molecule has 0 radical (unpaired) electrons. The highest BCUT2D eigenvalue weighted by molar-refractivity contribution is 8.77. The molecule has 0 aliphatic carbocycles. The molecule has 2 heterocycles. The van der Waals surface area contributed by atoms with Crippen molar-refractivity contribution in [1.82, 2.24) is 20.4 Å². The summed E-state index contributed by atoms with van der Waals surface area (Å²) >= 11 is 3.18. The second-order valence-corrected chi connectivity index (χ2v) is 7.33. The molecule has 74 valence electrons. The average Bonchev–Trinajstić information content (AvgIpc) is 2.72. The Bertz CT molecular complexity index is 383. The normalized spacial score (nSPS) is 10.7. The van der Waals surface area contributed by atoms with Crippen LogP contribution in [0.1, 0.15) is 10.0 Å². The van der Waals surface area contributed by atoms with E-state index in [4.69, 9.17) is 0 Å². The summed E-state index contributed by atoms with van der Waals surface area (Å²) in [7, 11) is 3.15. The molecule has 0 atom stereocenters. The molecule has 0 saturated heterocycles. The van der Waals surface area contributed by atoms with Crippen molar-refractivity contribution in [2.45, 2.75) is 22.5 Å². The van der Waals surface area contributed by atoms with Crippen molar-refractivity contribution in [2.75, 3.05) is 0 Å². The molecule has 0 spiro atoms. The van der Waals surface area contributed by atoms with Gasteiger partial charge in [0.1, 0.15) is 10.0 Å². The summed E-state index contributed by atoms with van der Waals surface area (Å²) in [6, 6.07) is 0. The van der Waals surface area contributed by atoms with E-state index in [0.29, 0.717) is 0 Å².